The van der Waals surface area contributed by atoms with Crippen molar-refractivity contribution in [3.8, 4) is 5.75 Å². The van der Waals surface area contributed by atoms with Crippen LogP contribution in [-0.2, 0) is 4.79 Å². The first-order valence-electron chi connectivity index (χ1n) is 6.32. The van der Waals surface area contributed by atoms with Crippen LogP contribution < -0.4 is 10.2 Å². The number of rotatable bonds is 4. The Balaban J connectivity index is 2.45. The number of carbonyl (C=O) groups is 1. The molecule has 0 saturated heterocycles. The molecule has 4 nitrogen and oxygen atoms in total. The van der Waals surface area contributed by atoms with Crippen molar-refractivity contribution in [1.82, 2.24) is 5.43 Å². The summed E-state index contributed by atoms with van der Waals surface area (Å²) >= 11 is 0. The second kappa shape index (κ2) is 6.36. The van der Waals surface area contributed by atoms with Gasteiger partial charge in [-0.3, -0.25) is 4.79 Å². The molecule has 19 heavy (non-hydrogen) atoms. The second-order valence-corrected chi connectivity index (χ2v) is 5.59. The first-order chi connectivity index (χ1) is 8.79. The van der Waals surface area contributed by atoms with Crippen molar-refractivity contribution in [2.24, 2.45) is 10.5 Å². The minimum absolute atomic E-state index is 0.0373. The maximum absolute atomic E-state index is 11.6. The van der Waals surface area contributed by atoms with E-state index in [1.54, 1.807) is 0 Å². The molecule has 4 heteroatoms. The molecule has 0 spiro atoms. The summed E-state index contributed by atoms with van der Waals surface area (Å²) in [6.45, 7) is 9.96. The Hall–Kier alpha value is -1.84. The fourth-order valence-electron chi connectivity index (χ4n) is 1.20. The maximum atomic E-state index is 11.6. The number of carbonyl (C=O) groups excluding carboxylic acids is 1. The number of amides is 1. The molecule has 1 aromatic carbocycles. The minimum atomic E-state index is -0.259. The molecule has 1 aromatic rings. The third kappa shape index (κ3) is 5.55. The molecule has 0 saturated carbocycles. The average molecular weight is 262 g/mol. The Morgan fingerprint density at radius 3 is 2.63 bits per heavy atom. The molecule has 0 radical (unpaired) electrons. The van der Waals surface area contributed by atoms with Gasteiger partial charge in [0.05, 0.1) is 0 Å². The Bertz CT molecular complexity index is 473. The van der Waals surface area contributed by atoms with Gasteiger partial charge in [-0.25, -0.2) is 5.43 Å². The second-order valence-electron chi connectivity index (χ2n) is 5.59. The van der Waals surface area contributed by atoms with Crippen LogP contribution in [0, 0.1) is 12.3 Å². The molecule has 1 amide bonds. The van der Waals surface area contributed by atoms with Crippen LogP contribution in [0.4, 0.5) is 0 Å². The van der Waals surface area contributed by atoms with Crippen molar-refractivity contribution >= 4 is 11.6 Å². The zero-order valence-corrected chi connectivity index (χ0v) is 12.3. The van der Waals surface area contributed by atoms with Gasteiger partial charge in [-0.1, -0.05) is 32.9 Å². The van der Waals surface area contributed by atoms with E-state index in [9.17, 15) is 4.79 Å². The Morgan fingerprint density at radius 1 is 1.37 bits per heavy atom. The number of hydrazone groups is 1. The van der Waals surface area contributed by atoms with Crippen LogP contribution in [0.15, 0.2) is 29.4 Å². The monoisotopic (exact) mass is 262 g/mol. The van der Waals surface area contributed by atoms with E-state index < -0.39 is 0 Å². The van der Waals surface area contributed by atoms with Gasteiger partial charge in [0, 0.05) is 11.1 Å². The van der Waals surface area contributed by atoms with E-state index in [4.69, 9.17) is 4.74 Å². The van der Waals surface area contributed by atoms with Crippen molar-refractivity contribution in [2.75, 3.05) is 6.61 Å². The van der Waals surface area contributed by atoms with Crippen LogP contribution in [0.1, 0.15) is 33.3 Å². The SMILES string of the molecule is CC(=NNC(=O)COc1cccc(C)c1)C(C)(C)C. The van der Waals surface area contributed by atoms with Gasteiger partial charge in [-0.05, 0) is 31.5 Å². The number of hydrogen-bond donors (Lipinski definition) is 1. The number of benzene rings is 1. The van der Waals surface area contributed by atoms with Crippen molar-refractivity contribution in [1.29, 1.82) is 0 Å². The number of nitrogens with zero attached hydrogens (tertiary/aromatic N) is 1. The predicted octanol–water partition coefficient (Wildman–Crippen LogP) is 2.91. The first kappa shape index (κ1) is 15.2. The van der Waals surface area contributed by atoms with E-state index in [1.165, 1.54) is 0 Å². The molecule has 1 N–H and O–H groups in total. The highest BCUT2D eigenvalue weighted by Gasteiger charge is 2.14. The number of nitrogens with one attached hydrogen (secondary N) is 1. The molecular formula is C15H22N2O2. The van der Waals surface area contributed by atoms with Crippen molar-refractivity contribution in [3.63, 3.8) is 0 Å². The number of hydrogen-bond acceptors (Lipinski definition) is 3. The third-order valence-electron chi connectivity index (χ3n) is 2.79. The summed E-state index contributed by atoms with van der Waals surface area (Å²) in [5, 5.41) is 4.06. The highest BCUT2D eigenvalue weighted by Crippen LogP contribution is 2.15. The summed E-state index contributed by atoms with van der Waals surface area (Å²) < 4.78 is 5.39. The summed E-state index contributed by atoms with van der Waals surface area (Å²) in [5.74, 6) is 0.428. The Morgan fingerprint density at radius 2 is 2.05 bits per heavy atom. The fourth-order valence-corrected chi connectivity index (χ4v) is 1.20. The molecule has 0 atom stereocenters. The summed E-state index contributed by atoms with van der Waals surface area (Å²) in [6, 6.07) is 7.58. The maximum Gasteiger partial charge on any atom is 0.277 e. The minimum Gasteiger partial charge on any atom is -0.484 e. The van der Waals surface area contributed by atoms with E-state index in [0.717, 1.165) is 11.3 Å². The molecular weight excluding hydrogens is 240 g/mol. The van der Waals surface area contributed by atoms with Crippen LogP contribution >= 0.6 is 0 Å². The molecule has 0 aliphatic rings. The topological polar surface area (TPSA) is 50.7 Å². The highest BCUT2D eigenvalue weighted by atomic mass is 16.5. The molecule has 0 unspecified atom stereocenters. The Labute approximate surface area is 114 Å². The summed E-state index contributed by atoms with van der Waals surface area (Å²) in [4.78, 5) is 11.6. The molecule has 1 rings (SSSR count). The van der Waals surface area contributed by atoms with Gasteiger partial charge in [0.1, 0.15) is 5.75 Å². The van der Waals surface area contributed by atoms with E-state index in [0.29, 0.717) is 5.75 Å². The molecule has 0 bridgehead atoms. The zero-order valence-electron chi connectivity index (χ0n) is 12.3. The quantitative estimate of drug-likeness (QED) is 0.670. The lowest BCUT2D eigenvalue weighted by Gasteiger charge is -2.17. The summed E-state index contributed by atoms with van der Waals surface area (Å²) in [7, 11) is 0. The number of aryl methyl sites for hydroxylation is 1. The lowest BCUT2D eigenvalue weighted by atomic mass is 9.91. The summed E-state index contributed by atoms with van der Waals surface area (Å²) in [6.07, 6.45) is 0. The van der Waals surface area contributed by atoms with Gasteiger partial charge in [0.25, 0.3) is 5.91 Å². The van der Waals surface area contributed by atoms with Crippen molar-refractivity contribution < 1.29 is 9.53 Å². The molecule has 0 fully saturated rings. The molecule has 0 heterocycles. The molecule has 104 valence electrons. The Kier molecular flexibility index (Phi) is 5.10. The van der Waals surface area contributed by atoms with Crippen LogP contribution in [0.25, 0.3) is 0 Å². The zero-order chi connectivity index (χ0) is 14.5. The van der Waals surface area contributed by atoms with Gasteiger partial charge < -0.3 is 4.74 Å². The molecule has 0 aromatic heterocycles. The molecule has 0 aliphatic carbocycles. The predicted molar refractivity (Wildman–Crippen MR) is 77.4 cm³/mol. The largest absolute Gasteiger partial charge is 0.484 e. The van der Waals surface area contributed by atoms with E-state index in [-0.39, 0.29) is 17.9 Å². The van der Waals surface area contributed by atoms with Crippen molar-refractivity contribution in [3.05, 3.63) is 29.8 Å². The van der Waals surface area contributed by atoms with Gasteiger partial charge in [-0.15, -0.1) is 0 Å². The van der Waals surface area contributed by atoms with E-state index >= 15 is 0 Å². The van der Waals surface area contributed by atoms with Crippen LogP contribution in [-0.4, -0.2) is 18.2 Å². The first-order valence-corrected chi connectivity index (χ1v) is 6.32. The van der Waals surface area contributed by atoms with Gasteiger partial charge in [-0.2, -0.15) is 5.10 Å². The average Bonchev–Trinajstić information content (AvgIpc) is 2.32. The van der Waals surface area contributed by atoms with Gasteiger partial charge in [0.15, 0.2) is 6.61 Å². The van der Waals surface area contributed by atoms with Crippen LogP contribution in [0.3, 0.4) is 0 Å². The third-order valence-corrected chi connectivity index (χ3v) is 2.79. The van der Waals surface area contributed by atoms with Gasteiger partial charge in [0.2, 0.25) is 0 Å². The lowest BCUT2D eigenvalue weighted by molar-refractivity contribution is -0.123. The smallest absolute Gasteiger partial charge is 0.277 e. The lowest BCUT2D eigenvalue weighted by Crippen LogP contribution is -2.28. The van der Waals surface area contributed by atoms with E-state index in [1.807, 2.05) is 58.9 Å². The highest BCUT2D eigenvalue weighted by molar-refractivity contribution is 5.88. The van der Waals surface area contributed by atoms with Crippen molar-refractivity contribution in [2.45, 2.75) is 34.6 Å². The van der Waals surface area contributed by atoms with Crippen LogP contribution in [0.2, 0.25) is 0 Å². The summed E-state index contributed by atoms with van der Waals surface area (Å²) in [5.41, 5.74) is 4.42. The number of ether oxygens (including phenoxy) is 1. The van der Waals surface area contributed by atoms with Gasteiger partial charge >= 0.3 is 0 Å². The van der Waals surface area contributed by atoms with E-state index in [2.05, 4.69) is 10.5 Å². The van der Waals surface area contributed by atoms with Crippen LogP contribution in [0.5, 0.6) is 5.75 Å². The normalized spacial score (nSPS) is 12.2. The standard InChI is InChI=1S/C15H22N2O2/c1-11-7-6-8-13(9-11)19-10-14(18)17-16-12(2)15(3,4)5/h6-9H,10H2,1-5H3,(H,17,18). The molecule has 0 aliphatic heterocycles. The fraction of sp³-hybridized carbons (Fsp3) is 0.467.